The van der Waals surface area contributed by atoms with Crippen LogP contribution in [-0.2, 0) is 16.6 Å². The average molecular weight is 314 g/mol. The molecule has 2 aromatic rings. The zero-order chi connectivity index (χ0) is 15.5. The number of sulfonamides is 1. The molecule has 21 heavy (non-hydrogen) atoms. The highest BCUT2D eigenvalue weighted by molar-refractivity contribution is 7.89. The molecule has 0 radical (unpaired) electrons. The number of nitrogens with one attached hydrogen (secondary N) is 2. The van der Waals surface area contributed by atoms with Crippen LogP contribution in [0, 0.1) is 11.6 Å². The highest BCUT2D eigenvalue weighted by Gasteiger charge is 2.19. The van der Waals surface area contributed by atoms with Gasteiger partial charge in [0.25, 0.3) is 0 Å². The van der Waals surface area contributed by atoms with Gasteiger partial charge in [0, 0.05) is 24.4 Å². The molecule has 1 aromatic carbocycles. The molecule has 1 heterocycles. The molecule has 0 bridgehead atoms. The predicted octanol–water partition coefficient (Wildman–Crippen LogP) is 1.12. The zero-order valence-corrected chi connectivity index (χ0v) is 11.5. The van der Waals surface area contributed by atoms with Gasteiger partial charge in [-0.15, -0.1) is 0 Å². The van der Waals surface area contributed by atoms with Gasteiger partial charge in [0.05, 0.1) is 0 Å². The van der Waals surface area contributed by atoms with Crippen LogP contribution in [0.5, 0.6) is 0 Å². The number of hydrogen-bond acceptors (Lipinski definition) is 5. The first-order valence-electron chi connectivity index (χ1n) is 5.79. The van der Waals surface area contributed by atoms with Crippen LogP contribution >= 0.6 is 0 Å². The van der Waals surface area contributed by atoms with E-state index in [2.05, 4.69) is 15.1 Å². The van der Waals surface area contributed by atoms with Gasteiger partial charge in [0.15, 0.2) is 5.82 Å². The molecule has 0 aliphatic rings. The van der Waals surface area contributed by atoms with Crippen molar-refractivity contribution in [3.8, 4) is 0 Å². The van der Waals surface area contributed by atoms with Gasteiger partial charge in [-0.05, 0) is 18.2 Å². The van der Waals surface area contributed by atoms with Crippen molar-refractivity contribution in [3.05, 3.63) is 53.7 Å². The number of nitrogens with zero attached hydrogens (tertiary/aromatic N) is 1. The number of hydrogen-bond donors (Lipinski definition) is 3. The summed E-state index contributed by atoms with van der Waals surface area (Å²) in [6, 6.07) is 5.61. The maximum absolute atomic E-state index is 13.5. The Morgan fingerprint density at radius 2 is 2.00 bits per heavy atom. The summed E-state index contributed by atoms with van der Waals surface area (Å²) >= 11 is 0. The van der Waals surface area contributed by atoms with Crippen LogP contribution in [0.1, 0.15) is 5.56 Å². The summed E-state index contributed by atoms with van der Waals surface area (Å²) in [5, 5.41) is 0. The lowest BCUT2D eigenvalue weighted by Crippen LogP contribution is -2.25. The van der Waals surface area contributed by atoms with Crippen LogP contribution in [0.4, 0.5) is 14.6 Å². The first kappa shape index (κ1) is 15.3. The monoisotopic (exact) mass is 314 g/mol. The summed E-state index contributed by atoms with van der Waals surface area (Å²) in [5.74, 6) is 3.58. The third kappa shape index (κ3) is 3.51. The third-order valence-corrected chi connectivity index (χ3v) is 4.10. The molecule has 0 aliphatic carbocycles. The molecule has 0 saturated heterocycles. The van der Waals surface area contributed by atoms with Crippen molar-refractivity contribution in [3.63, 3.8) is 0 Å². The lowest BCUT2D eigenvalue weighted by Gasteiger charge is -2.10. The van der Waals surface area contributed by atoms with E-state index in [1.165, 1.54) is 24.4 Å². The molecular formula is C12H12F2N4O2S. The molecule has 4 N–H and O–H groups in total. The summed E-state index contributed by atoms with van der Waals surface area (Å²) in [6.45, 7) is -0.326. The largest absolute Gasteiger partial charge is 0.307 e. The van der Waals surface area contributed by atoms with Crippen LogP contribution in [0.2, 0.25) is 0 Å². The smallest absolute Gasteiger partial charge is 0.244 e. The Bertz CT molecular complexity index is 753. The normalized spacial score (nSPS) is 11.4. The molecule has 0 unspecified atom stereocenters. The first-order chi connectivity index (χ1) is 9.94. The minimum atomic E-state index is -3.94. The maximum Gasteiger partial charge on any atom is 0.244 e. The Balaban J connectivity index is 2.22. The summed E-state index contributed by atoms with van der Waals surface area (Å²) in [6.07, 6.45) is 1.37. The lowest BCUT2D eigenvalue weighted by atomic mass is 10.2. The summed E-state index contributed by atoms with van der Waals surface area (Å²) in [5.41, 5.74) is 2.18. The third-order valence-electron chi connectivity index (χ3n) is 2.66. The van der Waals surface area contributed by atoms with Crippen molar-refractivity contribution in [1.29, 1.82) is 0 Å². The second-order valence-corrected chi connectivity index (χ2v) is 5.79. The number of halogens is 2. The van der Waals surface area contributed by atoms with E-state index in [0.29, 0.717) is 6.07 Å². The topological polar surface area (TPSA) is 97.1 Å². The van der Waals surface area contributed by atoms with Crippen molar-refractivity contribution in [2.24, 2.45) is 5.84 Å². The van der Waals surface area contributed by atoms with Crippen molar-refractivity contribution < 1.29 is 17.2 Å². The van der Waals surface area contributed by atoms with Crippen LogP contribution in [0.15, 0.2) is 41.4 Å². The van der Waals surface area contributed by atoms with Crippen molar-refractivity contribution in [1.82, 2.24) is 9.71 Å². The number of aromatic nitrogens is 1. The van der Waals surface area contributed by atoms with Gasteiger partial charge in [-0.1, -0.05) is 6.07 Å². The fourth-order valence-electron chi connectivity index (χ4n) is 1.63. The predicted molar refractivity (Wildman–Crippen MR) is 72.4 cm³/mol. The van der Waals surface area contributed by atoms with E-state index in [-0.39, 0.29) is 22.8 Å². The Kier molecular flexibility index (Phi) is 4.46. The van der Waals surface area contributed by atoms with Crippen molar-refractivity contribution in [2.45, 2.75) is 11.4 Å². The molecule has 0 atom stereocenters. The molecule has 9 heteroatoms. The summed E-state index contributed by atoms with van der Waals surface area (Å²) in [4.78, 5) is 3.60. The van der Waals surface area contributed by atoms with Gasteiger partial charge < -0.3 is 5.43 Å². The minimum Gasteiger partial charge on any atom is -0.307 e. The van der Waals surface area contributed by atoms with Gasteiger partial charge in [0.2, 0.25) is 10.0 Å². The van der Waals surface area contributed by atoms with E-state index in [1.54, 1.807) is 0 Å². The van der Waals surface area contributed by atoms with Crippen molar-refractivity contribution >= 4 is 15.8 Å². The fourth-order valence-corrected chi connectivity index (χ4v) is 2.76. The second-order valence-electron chi connectivity index (χ2n) is 4.05. The fraction of sp³-hybridized carbons (Fsp3) is 0.0833. The lowest BCUT2D eigenvalue weighted by molar-refractivity contribution is 0.562. The molecule has 0 aliphatic heterocycles. The van der Waals surface area contributed by atoms with Gasteiger partial charge in [-0.2, -0.15) is 0 Å². The molecule has 0 fully saturated rings. The number of benzene rings is 1. The summed E-state index contributed by atoms with van der Waals surface area (Å²) < 4.78 is 52.7. The number of nitrogen functional groups attached to an aromatic ring is 1. The molecule has 0 spiro atoms. The molecule has 2 rings (SSSR count). The molecule has 112 valence electrons. The van der Waals surface area contributed by atoms with Gasteiger partial charge >= 0.3 is 0 Å². The average Bonchev–Trinajstić information content (AvgIpc) is 2.46. The van der Waals surface area contributed by atoms with Crippen LogP contribution < -0.4 is 16.0 Å². The SMILES string of the molecule is NNc1ncccc1S(=O)(=O)NCc1ccc(F)cc1F. The van der Waals surface area contributed by atoms with E-state index in [1.807, 2.05) is 0 Å². The number of nitrogens with two attached hydrogens (primary N) is 1. The van der Waals surface area contributed by atoms with E-state index >= 15 is 0 Å². The Hall–Kier alpha value is -2.10. The standard InChI is InChI=1S/C12H12F2N4O2S/c13-9-4-3-8(10(14)6-9)7-17-21(19,20)11-2-1-5-16-12(11)18-15/h1-6,17H,7,15H2,(H,16,18). The Morgan fingerprint density at radius 3 is 2.67 bits per heavy atom. The van der Waals surface area contributed by atoms with Crippen LogP contribution in [-0.4, -0.2) is 13.4 Å². The van der Waals surface area contributed by atoms with Gasteiger partial charge in [0.1, 0.15) is 16.5 Å². The molecule has 0 saturated carbocycles. The molecule has 1 aromatic heterocycles. The Labute approximate surface area is 120 Å². The zero-order valence-electron chi connectivity index (χ0n) is 10.7. The molecule has 6 nitrogen and oxygen atoms in total. The number of rotatable bonds is 5. The maximum atomic E-state index is 13.5. The molecule has 0 amide bonds. The van der Waals surface area contributed by atoms with E-state index in [4.69, 9.17) is 5.84 Å². The summed E-state index contributed by atoms with van der Waals surface area (Å²) in [7, 11) is -3.94. The van der Waals surface area contributed by atoms with E-state index in [9.17, 15) is 17.2 Å². The first-order valence-corrected chi connectivity index (χ1v) is 7.27. The quantitative estimate of drug-likeness (QED) is 0.568. The van der Waals surface area contributed by atoms with Crippen LogP contribution in [0.25, 0.3) is 0 Å². The number of anilines is 1. The van der Waals surface area contributed by atoms with Gasteiger partial charge in [-0.3, -0.25) is 0 Å². The molecular weight excluding hydrogens is 302 g/mol. The number of pyridine rings is 1. The number of hydrazine groups is 1. The highest BCUT2D eigenvalue weighted by atomic mass is 32.2. The minimum absolute atomic E-state index is 0.0196. The highest BCUT2D eigenvalue weighted by Crippen LogP contribution is 2.17. The van der Waals surface area contributed by atoms with Crippen molar-refractivity contribution in [2.75, 3.05) is 5.43 Å². The van der Waals surface area contributed by atoms with E-state index in [0.717, 1.165) is 6.07 Å². The van der Waals surface area contributed by atoms with E-state index < -0.39 is 21.7 Å². The van der Waals surface area contributed by atoms with Gasteiger partial charge in [-0.25, -0.2) is 32.7 Å². The second kappa shape index (κ2) is 6.12. The van der Waals surface area contributed by atoms with Crippen LogP contribution in [0.3, 0.4) is 0 Å². The Morgan fingerprint density at radius 1 is 1.24 bits per heavy atom.